The molecular formula is C20H25N7OS. The monoisotopic (exact) mass is 411 g/mol. The van der Waals surface area contributed by atoms with E-state index in [0.717, 1.165) is 12.8 Å². The minimum absolute atomic E-state index is 0.0127. The van der Waals surface area contributed by atoms with Crippen LogP contribution in [0.2, 0.25) is 0 Å². The van der Waals surface area contributed by atoms with Gasteiger partial charge in [0.05, 0.1) is 16.7 Å². The molecule has 4 N–H and O–H groups in total. The summed E-state index contributed by atoms with van der Waals surface area (Å²) < 4.78 is 1.89. The number of aromatic nitrogens is 5. The molecule has 0 saturated heterocycles. The summed E-state index contributed by atoms with van der Waals surface area (Å²) in [6, 6.07) is 7.62. The van der Waals surface area contributed by atoms with E-state index in [1.54, 1.807) is 0 Å². The van der Waals surface area contributed by atoms with Gasteiger partial charge in [0.2, 0.25) is 11.9 Å². The van der Waals surface area contributed by atoms with Crippen LogP contribution in [0.4, 0.5) is 11.9 Å². The molecule has 0 amide bonds. The van der Waals surface area contributed by atoms with Crippen LogP contribution in [-0.2, 0) is 5.75 Å². The molecule has 1 saturated carbocycles. The molecule has 2 aromatic heterocycles. The fraction of sp³-hybridized carbons (Fsp3) is 0.450. The second-order valence-electron chi connectivity index (χ2n) is 7.68. The Kier molecular flexibility index (Phi) is 5.40. The Hall–Kier alpha value is -2.68. The first-order chi connectivity index (χ1) is 13.9. The molecule has 152 valence electrons. The summed E-state index contributed by atoms with van der Waals surface area (Å²) in [5.74, 6) is 2.01. The number of para-hydroxylation sites is 1. The predicted octanol–water partition coefficient (Wildman–Crippen LogP) is 3.04. The van der Waals surface area contributed by atoms with Gasteiger partial charge in [0, 0.05) is 6.04 Å². The van der Waals surface area contributed by atoms with Crippen molar-refractivity contribution in [3.63, 3.8) is 0 Å². The Morgan fingerprint density at radius 3 is 2.55 bits per heavy atom. The molecule has 0 radical (unpaired) electrons. The number of benzene rings is 1. The van der Waals surface area contributed by atoms with Crippen LogP contribution in [0.3, 0.4) is 0 Å². The first kappa shape index (κ1) is 19.6. The summed E-state index contributed by atoms with van der Waals surface area (Å²) in [7, 11) is 0. The summed E-state index contributed by atoms with van der Waals surface area (Å²) >= 11 is 1.43. The second kappa shape index (κ2) is 7.98. The van der Waals surface area contributed by atoms with Crippen molar-refractivity contribution in [2.24, 2.45) is 11.8 Å². The van der Waals surface area contributed by atoms with Gasteiger partial charge in [0.1, 0.15) is 5.82 Å². The third-order valence-corrected chi connectivity index (χ3v) is 6.77. The van der Waals surface area contributed by atoms with Crippen molar-refractivity contribution in [1.82, 2.24) is 24.5 Å². The normalized spacial score (nSPS) is 22.1. The van der Waals surface area contributed by atoms with Gasteiger partial charge >= 0.3 is 0 Å². The van der Waals surface area contributed by atoms with Crippen molar-refractivity contribution in [2.45, 2.75) is 50.1 Å². The van der Waals surface area contributed by atoms with Crippen molar-refractivity contribution in [3.8, 4) is 0 Å². The Bertz CT molecular complexity index is 1080. The van der Waals surface area contributed by atoms with Crippen molar-refractivity contribution >= 4 is 34.6 Å². The smallest absolute Gasteiger partial charge is 0.262 e. The number of hydrogen-bond acceptors (Lipinski definition) is 8. The van der Waals surface area contributed by atoms with Gasteiger partial charge in [-0.1, -0.05) is 50.6 Å². The van der Waals surface area contributed by atoms with E-state index in [4.69, 9.17) is 16.5 Å². The maximum absolute atomic E-state index is 13.4. The lowest BCUT2D eigenvalue weighted by Crippen LogP contribution is -2.35. The summed E-state index contributed by atoms with van der Waals surface area (Å²) in [5.41, 5.74) is 12.1. The van der Waals surface area contributed by atoms with Crippen LogP contribution in [0.25, 0.3) is 10.9 Å². The van der Waals surface area contributed by atoms with Crippen molar-refractivity contribution in [1.29, 1.82) is 0 Å². The number of rotatable bonds is 4. The molecule has 3 aromatic rings. The van der Waals surface area contributed by atoms with Crippen LogP contribution >= 0.6 is 11.8 Å². The average molecular weight is 412 g/mol. The first-order valence-corrected chi connectivity index (χ1v) is 10.8. The summed E-state index contributed by atoms with van der Waals surface area (Å²) in [5, 5.41) is 1.33. The quantitative estimate of drug-likeness (QED) is 0.495. The van der Waals surface area contributed by atoms with Crippen molar-refractivity contribution in [3.05, 3.63) is 40.4 Å². The zero-order valence-corrected chi connectivity index (χ0v) is 17.4. The molecule has 0 bridgehead atoms. The minimum atomic E-state index is 0.0127. The van der Waals surface area contributed by atoms with Crippen molar-refractivity contribution in [2.75, 3.05) is 11.5 Å². The van der Waals surface area contributed by atoms with Gasteiger partial charge in [-0.05, 0) is 30.4 Å². The molecular weight excluding hydrogens is 386 g/mol. The van der Waals surface area contributed by atoms with E-state index in [1.807, 2.05) is 28.8 Å². The van der Waals surface area contributed by atoms with Crippen molar-refractivity contribution < 1.29 is 0 Å². The average Bonchev–Trinajstić information content (AvgIpc) is 2.68. The third kappa shape index (κ3) is 3.91. The molecule has 4 rings (SSSR count). The van der Waals surface area contributed by atoms with Gasteiger partial charge in [0.25, 0.3) is 5.56 Å². The lowest BCUT2D eigenvalue weighted by molar-refractivity contribution is 0.173. The molecule has 3 atom stereocenters. The van der Waals surface area contributed by atoms with E-state index in [1.165, 1.54) is 18.2 Å². The molecule has 1 aliphatic carbocycles. The zero-order chi connectivity index (χ0) is 20.5. The number of nitrogens with two attached hydrogens (primary N) is 2. The molecule has 9 heteroatoms. The van der Waals surface area contributed by atoms with Crippen LogP contribution < -0.4 is 17.0 Å². The van der Waals surface area contributed by atoms with E-state index in [-0.39, 0.29) is 23.5 Å². The van der Waals surface area contributed by atoms with E-state index in [0.29, 0.717) is 39.5 Å². The third-order valence-electron chi connectivity index (χ3n) is 5.82. The van der Waals surface area contributed by atoms with E-state index >= 15 is 0 Å². The Morgan fingerprint density at radius 1 is 1.07 bits per heavy atom. The van der Waals surface area contributed by atoms with Crippen LogP contribution in [0.5, 0.6) is 0 Å². The summed E-state index contributed by atoms with van der Waals surface area (Å²) in [6.45, 7) is 4.50. The maximum Gasteiger partial charge on any atom is 0.262 e. The highest BCUT2D eigenvalue weighted by atomic mass is 32.2. The van der Waals surface area contributed by atoms with Crippen LogP contribution in [-0.4, -0.2) is 24.5 Å². The van der Waals surface area contributed by atoms with Gasteiger partial charge in [-0.15, -0.1) is 0 Å². The maximum atomic E-state index is 13.4. The SMILES string of the molecule is C[C@H]1[C@H](n2c(SCc3nc(N)nc(N)n3)nc3ccccc3c2=O)CCC[C@@H]1C. The standard InChI is InChI=1S/C20H25N7OS/c1-11-6-5-9-15(12(11)2)27-17(28)13-7-3-4-8-14(13)23-20(27)29-10-16-24-18(21)26-19(22)25-16/h3-4,7-8,11-12,15H,5-6,9-10H2,1-2H3,(H4,21,22,24,25,26)/t11-,12+,15+/m0/s1. The summed E-state index contributed by atoms with van der Waals surface area (Å²) in [4.78, 5) is 30.4. The van der Waals surface area contributed by atoms with Gasteiger partial charge in [-0.25, -0.2) is 4.98 Å². The molecule has 29 heavy (non-hydrogen) atoms. The number of nitrogens with zero attached hydrogens (tertiary/aromatic N) is 5. The predicted molar refractivity (Wildman–Crippen MR) is 115 cm³/mol. The molecule has 1 fully saturated rings. The molecule has 1 aliphatic rings. The summed E-state index contributed by atoms with van der Waals surface area (Å²) in [6.07, 6.45) is 3.28. The van der Waals surface area contributed by atoms with Crippen LogP contribution in [0, 0.1) is 11.8 Å². The highest BCUT2D eigenvalue weighted by Crippen LogP contribution is 2.39. The topological polar surface area (TPSA) is 126 Å². The van der Waals surface area contributed by atoms with E-state index < -0.39 is 0 Å². The zero-order valence-electron chi connectivity index (χ0n) is 16.6. The van der Waals surface area contributed by atoms with Crippen LogP contribution in [0.15, 0.2) is 34.2 Å². The largest absolute Gasteiger partial charge is 0.368 e. The number of hydrogen-bond donors (Lipinski definition) is 2. The van der Waals surface area contributed by atoms with Gasteiger partial charge in [-0.3, -0.25) is 9.36 Å². The minimum Gasteiger partial charge on any atom is -0.368 e. The Labute approximate surface area is 173 Å². The highest BCUT2D eigenvalue weighted by Gasteiger charge is 2.31. The van der Waals surface area contributed by atoms with E-state index in [2.05, 4.69) is 28.8 Å². The van der Waals surface area contributed by atoms with Gasteiger partial charge in [-0.2, -0.15) is 15.0 Å². The van der Waals surface area contributed by atoms with Gasteiger partial charge < -0.3 is 11.5 Å². The Morgan fingerprint density at radius 2 is 1.79 bits per heavy atom. The second-order valence-corrected chi connectivity index (χ2v) is 8.62. The molecule has 2 heterocycles. The Balaban J connectivity index is 1.78. The highest BCUT2D eigenvalue weighted by molar-refractivity contribution is 7.98. The molecule has 0 aliphatic heterocycles. The lowest BCUT2D eigenvalue weighted by atomic mass is 9.78. The number of fused-ring (bicyclic) bond motifs is 1. The molecule has 1 aromatic carbocycles. The van der Waals surface area contributed by atoms with E-state index in [9.17, 15) is 4.79 Å². The number of anilines is 2. The molecule has 0 spiro atoms. The fourth-order valence-corrected chi connectivity index (χ4v) is 5.00. The molecule has 8 nitrogen and oxygen atoms in total. The fourth-order valence-electron chi connectivity index (χ4n) is 4.09. The first-order valence-electron chi connectivity index (χ1n) is 9.84. The van der Waals surface area contributed by atoms with Gasteiger partial charge in [0.15, 0.2) is 5.16 Å². The number of nitrogen functional groups attached to an aromatic ring is 2. The molecule has 0 unspecified atom stereocenters. The van der Waals surface area contributed by atoms with Crippen LogP contribution in [0.1, 0.15) is 45.0 Å². The number of thioether (sulfide) groups is 1. The lowest BCUT2D eigenvalue weighted by Gasteiger charge is -2.36.